The van der Waals surface area contributed by atoms with Gasteiger partial charge in [-0.3, -0.25) is 0 Å². The lowest BCUT2D eigenvalue weighted by atomic mass is 10.1. The first-order valence-corrected chi connectivity index (χ1v) is 18.2. The van der Waals surface area contributed by atoms with Crippen molar-refractivity contribution in [3.05, 3.63) is 11.3 Å². The SMILES string of the molecule is CCC(CCC/C(O[Si](C)(C)C(C)(C)C)=C(/C)C(=O)OC(C)(C)C)O[Si](C)(C)C(C)(C)C. The van der Waals surface area contributed by atoms with E-state index in [0.29, 0.717) is 5.57 Å². The van der Waals surface area contributed by atoms with E-state index in [0.717, 1.165) is 31.4 Å². The Hall–Kier alpha value is -0.596. The summed E-state index contributed by atoms with van der Waals surface area (Å²) >= 11 is 0. The van der Waals surface area contributed by atoms with Gasteiger partial charge in [0, 0.05) is 12.5 Å². The van der Waals surface area contributed by atoms with Gasteiger partial charge in [0.15, 0.2) is 8.32 Å². The van der Waals surface area contributed by atoms with Gasteiger partial charge in [-0.05, 0) is 83.2 Å². The van der Waals surface area contributed by atoms with Gasteiger partial charge in [-0.15, -0.1) is 0 Å². The zero-order valence-corrected chi connectivity index (χ0v) is 26.0. The third-order valence-corrected chi connectivity index (χ3v) is 15.9. The number of esters is 1. The van der Waals surface area contributed by atoms with Gasteiger partial charge in [0.1, 0.15) is 5.60 Å². The normalized spacial score (nSPS) is 15.8. The largest absolute Gasteiger partial charge is 0.546 e. The van der Waals surface area contributed by atoms with Crippen LogP contribution in [0.3, 0.4) is 0 Å². The molecular weight excluding hydrogens is 432 g/mol. The van der Waals surface area contributed by atoms with E-state index in [-0.39, 0.29) is 22.1 Å². The van der Waals surface area contributed by atoms with Crippen molar-refractivity contribution in [2.75, 3.05) is 0 Å². The molecule has 190 valence electrons. The molecule has 0 N–H and O–H groups in total. The first-order chi connectivity index (χ1) is 14.0. The number of hydrogen-bond acceptors (Lipinski definition) is 4. The summed E-state index contributed by atoms with van der Waals surface area (Å²) in [4.78, 5) is 12.8. The van der Waals surface area contributed by atoms with Crippen molar-refractivity contribution in [1.29, 1.82) is 0 Å². The molecule has 0 aromatic carbocycles. The number of carbonyl (C=O) groups is 1. The number of rotatable bonds is 10. The van der Waals surface area contributed by atoms with E-state index in [1.54, 1.807) is 0 Å². The Balaban J connectivity index is 5.59. The fraction of sp³-hybridized carbons (Fsp3) is 0.885. The molecule has 0 spiro atoms. The Labute approximate surface area is 202 Å². The summed E-state index contributed by atoms with van der Waals surface area (Å²) in [5.41, 5.74) is 0.0770. The second kappa shape index (κ2) is 11.2. The molecule has 6 heteroatoms. The van der Waals surface area contributed by atoms with Crippen LogP contribution in [0.5, 0.6) is 0 Å². The summed E-state index contributed by atoms with van der Waals surface area (Å²) in [5.74, 6) is 0.517. The van der Waals surface area contributed by atoms with Crippen molar-refractivity contribution in [2.24, 2.45) is 0 Å². The van der Waals surface area contributed by atoms with Crippen LogP contribution in [-0.2, 0) is 18.4 Å². The maximum Gasteiger partial charge on any atom is 0.337 e. The molecule has 0 aliphatic rings. The molecule has 0 rings (SSSR count). The Kier molecular flexibility index (Phi) is 11.0. The highest BCUT2D eigenvalue weighted by molar-refractivity contribution is 6.74. The first-order valence-electron chi connectivity index (χ1n) is 12.3. The lowest BCUT2D eigenvalue weighted by Crippen LogP contribution is -2.43. The average Bonchev–Trinajstić information content (AvgIpc) is 2.55. The molecule has 0 amide bonds. The summed E-state index contributed by atoms with van der Waals surface area (Å²) in [6, 6.07) is 0. The standard InChI is InChI=1S/C26H54O4Si2/c1-16-21(29-31(12,13)25(6,7)8)18-17-19-22(30-32(14,15)26(9,10)11)20(2)23(27)28-24(3,4)5/h21H,16-19H2,1-15H3/b22-20+. The lowest BCUT2D eigenvalue weighted by Gasteiger charge is -2.39. The van der Waals surface area contributed by atoms with E-state index in [9.17, 15) is 4.79 Å². The van der Waals surface area contributed by atoms with Crippen molar-refractivity contribution in [3.63, 3.8) is 0 Å². The highest BCUT2D eigenvalue weighted by atomic mass is 28.4. The monoisotopic (exact) mass is 486 g/mol. The molecule has 1 unspecified atom stereocenters. The molecule has 0 bridgehead atoms. The highest BCUT2D eigenvalue weighted by Crippen LogP contribution is 2.40. The molecule has 32 heavy (non-hydrogen) atoms. The smallest absolute Gasteiger partial charge is 0.337 e. The van der Waals surface area contributed by atoms with Crippen LogP contribution in [0.15, 0.2) is 11.3 Å². The molecular formula is C26H54O4Si2. The molecule has 0 aromatic heterocycles. The predicted octanol–water partition coefficient (Wildman–Crippen LogP) is 8.59. The highest BCUT2D eigenvalue weighted by Gasteiger charge is 2.41. The predicted molar refractivity (Wildman–Crippen MR) is 143 cm³/mol. The topological polar surface area (TPSA) is 44.8 Å². The molecule has 0 saturated heterocycles. The Morgan fingerprint density at radius 3 is 1.69 bits per heavy atom. The zero-order chi connectivity index (χ0) is 25.8. The average molecular weight is 487 g/mol. The quantitative estimate of drug-likeness (QED) is 0.134. The minimum absolute atomic E-state index is 0.0594. The number of ether oxygens (including phenoxy) is 1. The number of hydrogen-bond donors (Lipinski definition) is 0. The third-order valence-electron chi connectivity index (χ3n) is 6.96. The first kappa shape index (κ1) is 31.4. The molecule has 0 aliphatic carbocycles. The van der Waals surface area contributed by atoms with Crippen molar-refractivity contribution in [3.8, 4) is 0 Å². The Bertz CT molecular complexity index is 644. The molecule has 0 fully saturated rings. The van der Waals surface area contributed by atoms with E-state index < -0.39 is 22.2 Å². The molecule has 0 heterocycles. The lowest BCUT2D eigenvalue weighted by molar-refractivity contribution is -0.150. The van der Waals surface area contributed by atoms with Gasteiger partial charge in [-0.25, -0.2) is 4.79 Å². The molecule has 4 nitrogen and oxygen atoms in total. The third kappa shape index (κ3) is 10.1. The summed E-state index contributed by atoms with van der Waals surface area (Å²) in [5, 5.41) is 0.258. The minimum Gasteiger partial charge on any atom is -0.546 e. The van der Waals surface area contributed by atoms with Crippen LogP contribution in [0.25, 0.3) is 0 Å². The minimum atomic E-state index is -2.07. The van der Waals surface area contributed by atoms with Gasteiger partial charge < -0.3 is 13.6 Å². The zero-order valence-electron chi connectivity index (χ0n) is 24.0. The van der Waals surface area contributed by atoms with Crippen molar-refractivity contribution in [1.82, 2.24) is 0 Å². The summed E-state index contributed by atoms with van der Waals surface area (Å²) in [6.45, 7) is 32.3. The van der Waals surface area contributed by atoms with Crippen LogP contribution in [-0.4, -0.2) is 34.3 Å². The van der Waals surface area contributed by atoms with Crippen LogP contribution in [0.1, 0.15) is 102 Å². The van der Waals surface area contributed by atoms with Crippen LogP contribution < -0.4 is 0 Å². The summed E-state index contributed by atoms with van der Waals surface area (Å²) in [6.07, 6.45) is 3.87. The van der Waals surface area contributed by atoms with Crippen LogP contribution in [0.2, 0.25) is 36.3 Å². The van der Waals surface area contributed by atoms with E-state index >= 15 is 0 Å². The maximum atomic E-state index is 12.8. The molecule has 0 radical (unpaired) electrons. The fourth-order valence-electron chi connectivity index (χ4n) is 2.67. The second-order valence-corrected chi connectivity index (χ2v) is 22.7. The van der Waals surface area contributed by atoms with Gasteiger partial charge in [-0.1, -0.05) is 48.5 Å². The molecule has 0 aliphatic heterocycles. The van der Waals surface area contributed by atoms with Gasteiger partial charge in [0.05, 0.1) is 11.3 Å². The number of carbonyl (C=O) groups excluding carboxylic acids is 1. The second-order valence-electron chi connectivity index (χ2n) is 13.2. The van der Waals surface area contributed by atoms with E-state index in [1.807, 2.05) is 27.7 Å². The van der Waals surface area contributed by atoms with Gasteiger partial charge in [-0.2, -0.15) is 0 Å². The van der Waals surface area contributed by atoms with E-state index in [4.69, 9.17) is 13.6 Å². The molecule has 0 saturated carbocycles. The number of allylic oxidation sites excluding steroid dienone is 1. The molecule has 1 atom stereocenters. The van der Waals surface area contributed by atoms with Gasteiger partial charge in [0.25, 0.3) is 0 Å². The van der Waals surface area contributed by atoms with Gasteiger partial charge >= 0.3 is 5.97 Å². The van der Waals surface area contributed by atoms with Crippen molar-refractivity contribution < 1.29 is 18.4 Å². The Morgan fingerprint density at radius 1 is 0.844 bits per heavy atom. The van der Waals surface area contributed by atoms with Crippen LogP contribution in [0, 0.1) is 0 Å². The molecule has 0 aromatic rings. The van der Waals surface area contributed by atoms with E-state index in [1.165, 1.54) is 0 Å². The summed E-state index contributed by atoms with van der Waals surface area (Å²) in [7, 11) is -3.88. The van der Waals surface area contributed by atoms with Crippen molar-refractivity contribution in [2.45, 2.75) is 150 Å². The summed E-state index contributed by atoms with van der Waals surface area (Å²) < 4.78 is 19.0. The fourth-order valence-corrected chi connectivity index (χ4v) is 5.32. The van der Waals surface area contributed by atoms with Crippen LogP contribution in [0.4, 0.5) is 0 Å². The Morgan fingerprint density at radius 2 is 1.31 bits per heavy atom. The van der Waals surface area contributed by atoms with Gasteiger partial charge in [0.2, 0.25) is 8.32 Å². The van der Waals surface area contributed by atoms with Crippen molar-refractivity contribution >= 4 is 22.6 Å². The maximum absolute atomic E-state index is 12.8. The van der Waals surface area contributed by atoms with E-state index in [2.05, 4.69) is 74.7 Å². The van der Waals surface area contributed by atoms with Crippen LogP contribution >= 0.6 is 0 Å².